The predicted molar refractivity (Wildman–Crippen MR) is 60.4 cm³/mol. The molecule has 1 aromatic carbocycles. The third kappa shape index (κ3) is 3.48. The van der Waals surface area contributed by atoms with Gasteiger partial charge < -0.3 is 20.1 Å². The van der Waals surface area contributed by atoms with Gasteiger partial charge in [-0.15, -0.1) is 0 Å². The number of benzene rings is 1. The van der Waals surface area contributed by atoms with Crippen LogP contribution in [0.5, 0.6) is 5.75 Å². The SMILES string of the molecule is Cc1ccc(OCC(O)CO)c([C@H](C)O)c1. The first-order chi connectivity index (χ1) is 7.54. The highest BCUT2D eigenvalue weighted by Gasteiger charge is 2.11. The average molecular weight is 226 g/mol. The van der Waals surface area contributed by atoms with E-state index in [0.29, 0.717) is 11.3 Å². The molecule has 0 saturated heterocycles. The molecule has 0 spiro atoms. The maximum Gasteiger partial charge on any atom is 0.125 e. The molecule has 4 heteroatoms. The van der Waals surface area contributed by atoms with Crippen molar-refractivity contribution in [3.8, 4) is 5.75 Å². The van der Waals surface area contributed by atoms with Crippen LogP contribution in [0.25, 0.3) is 0 Å². The van der Waals surface area contributed by atoms with E-state index in [1.54, 1.807) is 13.0 Å². The smallest absolute Gasteiger partial charge is 0.125 e. The Labute approximate surface area is 95.1 Å². The molecule has 1 rings (SSSR count). The predicted octanol–water partition coefficient (Wildman–Crippen LogP) is 0.780. The highest BCUT2D eigenvalue weighted by atomic mass is 16.5. The number of hydrogen-bond acceptors (Lipinski definition) is 4. The van der Waals surface area contributed by atoms with Crippen LogP contribution in [0.2, 0.25) is 0 Å². The minimum absolute atomic E-state index is 0.0132. The van der Waals surface area contributed by atoms with Gasteiger partial charge in [0.15, 0.2) is 0 Å². The summed E-state index contributed by atoms with van der Waals surface area (Å²) in [5.74, 6) is 0.535. The molecule has 0 radical (unpaired) electrons. The van der Waals surface area contributed by atoms with E-state index in [0.717, 1.165) is 5.56 Å². The number of ether oxygens (including phenoxy) is 1. The van der Waals surface area contributed by atoms with Crippen LogP contribution in [-0.2, 0) is 0 Å². The van der Waals surface area contributed by atoms with E-state index in [4.69, 9.17) is 14.9 Å². The number of hydrogen-bond donors (Lipinski definition) is 3. The lowest BCUT2D eigenvalue weighted by atomic mass is 10.1. The molecule has 0 amide bonds. The first-order valence-corrected chi connectivity index (χ1v) is 5.25. The highest BCUT2D eigenvalue weighted by molar-refractivity contribution is 5.38. The molecule has 0 fully saturated rings. The molecular formula is C12H18O4. The first kappa shape index (κ1) is 13.0. The van der Waals surface area contributed by atoms with Crippen LogP contribution < -0.4 is 4.74 Å². The normalized spacial score (nSPS) is 14.6. The zero-order chi connectivity index (χ0) is 12.1. The Kier molecular flexibility index (Phi) is 4.73. The molecule has 0 heterocycles. The number of aliphatic hydroxyl groups is 3. The Morgan fingerprint density at radius 2 is 2.00 bits per heavy atom. The molecular weight excluding hydrogens is 208 g/mol. The lowest BCUT2D eigenvalue weighted by Gasteiger charge is -2.15. The topological polar surface area (TPSA) is 69.9 Å². The van der Waals surface area contributed by atoms with Gasteiger partial charge in [-0.3, -0.25) is 0 Å². The zero-order valence-corrected chi connectivity index (χ0v) is 9.55. The van der Waals surface area contributed by atoms with Crippen LogP contribution in [0, 0.1) is 6.92 Å². The van der Waals surface area contributed by atoms with Gasteiger partial charge in [0, 0.05) is 5.56 Å². The van der Waals surface area contributed by atoms with Crippen LogP contribution in [-0.4, -0.2) is 34.6 Å². The van der Waals surface area contributed by atoms with Gasteiger partial charge in [-0.1, -0.05) is 11.6 Å². The van der Waals surface area contributed by atoms with Crippen LogP contribution in [0.15, 0.2) is 18.2 Å². The standard InChI is InChI=1S/C12H18O4/c1-8-3-4-12(11(5-8)9(2)14)16-7-10(15)6-13/h3-5,9-10,13-15H,6-7H2,1-2H3/t9-,10?/m0/s1. The Bertz CT molecular complexity index is 336. The highest BCUT2D eigenvalue weighted by Crippen LogP contribution is 2.26. The van der Waals surface area contributed by atoms with Crippen LogP contribution in [0.4, 0.5) is 0 Å². The molecule has 0 aromatic heterocycles. The van der Waals surface area contributed by atoms with Crippen LogP contribution in [0.1, 0.15) is 24.2 Å². The number of aryl methyl sites for hydroxylation is 1. The van der Waals surface area contributed by atoms with Crippen molar-refractivity contribution >= 4 is 0 Å². The summed E-state index contributed by atoms with van der Waals surface area (Å²) in [7, 11) is 0. The maximum absolute atomic E-state index is 9.56. The van der Waals surface area contributed by atoms with Gasteiger partial charge in [-0.25, -0.2) is 0 Å². The van der Waals surface area contributed by atoms with Crippen LogP contribution in [0.3, 0.4) is 0 Å². The average Bonchev–Trinajstić information content (AvgIpc) is 2.26. The van der Waals surface area contributed by atoms with E-state index in [1.807, 2.05) is 19.1 Å². The van der Waals surface area contributed by atoms with Crippen molar-refractivity contribution < 1.29 is 20.1 Å². The zero-order valence-electron chi connectivity index (χ0n) is 9.55. The molecule has 4 nitrogen and oxygen atoms in total. The Morgan fingerprint density at radius 3 is 2.56 bits per heavy atom. The fourth-order valence-corrected chi connectivity index (χ4v) is 1.36. The second kappa shape index (κ2) is 5.84. The molecule has 0 saturated carbocycles. The summed E-state index contributed by atoms with van der Waals surface area (Å²) in [4.78, 5) is 0. The fourth-order valence-electron chi connectivity index (χ4n) is 1.36. The number of aliphatic hydroxyl groups excluding tert-OH is 3. The van der Waals surface area contributed by atoms with Crippen LogP contribution >= 0.6 is 0 Å². The van der Waals surface area contributed by atoms with Gasteiger partial charge in [0.25, 0.3) is 0 Å². The Balaban J connectivity index is 2.78. The maximum atomic E-state index is 9.56. The van der Waals surface area contributed by atoms with Gasteiger partial charge >= 0.3 is 0 Å². The van der Waals surface area contributed by atoms with Crippen molar-refractivity contribution in [2.24, 2.45) is 0 Å². The van der Waals surface area contributed by atoms with Gasteiger partial charge in [0.1, 0.15) is 18.5 Å². The van der Waals surface area contributed by atoms with Gasteiger partial charge in [0.2, 0.25) is 0 Å². The lowest BCUT2D eigenvalue weighted by Crippen LogP contribution is -2.21. The molecule has 3 N–H and O–H groups in total. The molecule has 1 unspecified atom stereocenters. The molecule has 2 atom stereocenters. The number of rotatable bonds is 5. The summed E-state index contributed by atoms with van der Waals surface area (Å²) < 4.78 is 5.34. The van der Waals surface area contributed by atoms with Crippen molar-refractivity contribution in [1.29, 1.82) is 0 Å². The van der Waals surface area contributed by atoms with Crippen molar-refractivity contribution in [3.05, 3.63) is 29.3 Å². The molecule has 0 aliphatic heterocycles. The first-order valence-electron chi connectivity index (χ1n) is 5.25. The second-order valence-electron chi connectivity index (χ2n) is 3.86. The third-order valence-corrected chi connectivity index (χ3v) is 2.26. The van der Waals surface area contributed by atoms with Crippen molar-refractivity contribution in [2.75, 3.05) is 13.2 Å². The molecule has 0 bridgehead atoms. The van der Waals surface area contributed by atoms with E-state index in [-0.39, 0.29) is 13.2 Å². The van der Waals surface area contributed by atoms with Gasteiger partial charge in [-0.05, 0) is 26.0 Å². The van der Waals surface area contributed by atoms with E-state index < -0.39 is 12.2 Å². The van der Waals surface area contributed by atoms with Crippen molar-refractivity contribution in [1.82, 2.24) is 0 Å². The minimum Gasteiger partial charge on any atom is -0.490 e. The monoisotopic (exact) mass is 226 g/mol. The molecule has 0 aliphatic carbocycles. The van der Waals surface area contributed by atoms with Crippen molar-refractivity contribution in [3.63, 3.8) is 0 Å². The second-order valence-corrected chi connectivity index (χ2v) is 3.86. The lowest BCUT2D eigenvalue weighted by molar-refractivity contribution is 0.0523. The quantitative estimate of drug-likeness (QED) is 0.694. The Morgan fingerprint density at radius 1 is 1.31 bits per heavy atom. The molecule has 90 valence electrons. The molecule has 1 aromatic rings. The van der Waals surface area contributed by atoms with E-state index in [2.05, 4.69) is 0 Å². The molecule has 0 aliphatic rings. The van der Waals surface area contributed by atoms with Crippen molar-refractivity contribution in [2.45, 2.75) is 26.1 Å². The minimum atomic E-state index is -0.900. The van der Waals surface area contributed by atoms with E-state index >= 15 is 0 Å². The van der Waals surface area contributed by atoms with E-state index in [9.17, 15) is 5.11 Å². The summed E-state index contributed by atoms with van der Waals surface area (Å²) in [6.45, 7) is 3.26. The largest absolute Gasteiger partial charge is 0.490 e. The summed E-state index contributed by atoms with van der Waals surface area (Å²) in [5, 5.41) is 27.4. The third-order valence-electron chi connectivity index (χ3n) is 2.26. The van der Waals surface area contributed by atoms with E-state index in [1.165, 1.54) is 0 Å². The summed E-state index contributed by atoms with van der Waals surface area (Å²) in [5.41, 5.74) is 1.72. The summed E-state index contributed by atoms with van der Waals surface area (Å²) in [6, 6.07) is 5.46. The fraction of sp³-hybridized carbons (Fsp3) is 0.500. The van der Waals surface area contributed by atoms with Gasteiger partial charge in [0.05, 0.1) is 12.7 Å². The summed E-state index contributed by atoms with van der Waals surface area (Å²) >= 11 is 0. The Hall–Kier alpha value is -1.10. The summed E-state index contributed by atoms with van der Waals surface area (Å²) in [6.07, 6.45) is -1.52. The van der Waals surface area contributed by atoms with Gasteiger partial charge in [-0.2, -0.15) is 0 Å². The molecule has 16 heavy (non-hydrogen) atoms.